The van der Waals surface area contributed by atoms with E-state index in [-0.39, 0.29) is 5.91 Å². The molecule has 2 N–H and O–H groups in total. The molecule has 0 saturated heterocycles. The number of furan rings is 1. The molecule has 0 bridgehead atoms. The van der Waals surface area contributed by atoms with Crippen LogP contribution in [-0.4, -0.2) is 26.0 Å². The number of amides is 1. The van der Waals surface area contributed by atoms with Crippen molar-refractivity contribution in [2.24, 2.45) is 0 Å². The third-order valence-electron chi connectivity index (χ3n) is 4.80. The number of anilines is 1. The van der Waals surface area contributed by atoms with Gasteiger partial charge in [0, 0.05) is 5.56 Å². The Balaban J connectivity index is 1.61. The van der Waals surface area contributed by atoms with Gasteiger partial charge in [0.25, 0.3) is 11.6 Å². The first-order chi connectivity index (χ1) is 14.0. The molecule has 0 aliphatic carbocycles. The molecule has 4 aromatic heterocycles. The second kappa shape index (κ2) is 6.30. The van der Waals surface area contributed by atoms with Crippen molar-refractivity contribution in [3.05, 3.63) is 59.2 Å². The van der Waals surface area contributed by atoms with Gasteiger partial charge in [0.2, 0.25) is 5.95 Å². The zero-order valence-electron chi connectivity index (χ0n) is 16.0. The molecule has 1 amide bonds. The van der Waals surface area contributed by atoms with Crippen LogP contribution in [0, 0.1) is 20.8 Å². The van der Waals surface area contributed by atoms with E-state index in [1.54, 1.807) is 13.0 Å². The van der Waals surface area contributed by atoms with E-state index >= 15 is 0 Å². The Kier molecular flexibility index (Phi) is 3.73. The summed E-state index contributed by atoms with van der Waals surface area (Å²) < 4.78 is 11.0. The Morgan fingerprint density at radius 3 is 2.69 bits per heavy atom. The van der Waals surface area contributed by atoms with Gasteiger partial charge in [-0.1, -0.05) is 17.3 Å². The Bertz CT molecular complexity index is 1360. The molecule has 5 aromatic rings. The highest BCUT2D eigenvalue weighted by molar-refractivity contribution is 6.12. The Labute approximate surface area is 164 Å². The first-order valence-electron chi connectivity index (χ1n) is 9.10. The Morgan fingerprint density at radius 1 is 1.10 bits per heavy atom. The fraction of sp³-hybridized carbons (Fsp3) is 0.143. The van der Waals surface area contributed by atoms with E-state index in [0.29, 0.717) is 39.8 Å². The van der Waals surface area contributed by atoms with E-state index in [0.717, 1.165) is 22.4 Å². The number of pyridine rings is 1. The number of rotatable bonds is 3. The fourth-order valence-electron chi connectivity index (χ4n) is 3.48. The number of carbonyl (C=O) groups excluding carboxylic acids is 1. The van der Waals surface area contributed by atoms with Crippen LogP contribution in [0.15, 0.2) is 45.3 Å². The molecule has 0 saturated carbocycles. The second-order valence-electron chi connectivity index (χ2n) is 6.89. The summed E-state index contributed by atoms with van der Waals surface area (Å²) in [6, 6.07) is 11.2. The van der Waals surface area contributed by atoms with Gasteiger partial charge in [-0.25, -0.2) is 9.97 Å². The van der Waals surface area contributed by atoms with Crippen molar-refractivity contribution in [1.29, 1.82) is 0 Å². The zero-order chi connectivity index (χ0) is 20.1. The minimum absolute atomic E-state index is 0.299. The fourth-order valence-corrected chi connectivity index (χ4v) is 3.48. The molecule has 29 heavy (non-hydrogen) atoms. The number of aromatic nitrogens is 4. The SMILES string of the molecule is Cc1cc(-c2cc(C(=O)Nc3nc4ccccc4[nH]3)c3c(C)noc3n2)c(C)o1. The molecule has 4 heterocycles. The molecule has 0 aliphatic rings. The number of benzene rings is 1. The Morgan fingerprint density at radius 2 is 1.93 bits per heavy atom. The lowest BCUT2D eigenvalue weighted by Gasteiger charge is -2.06. The molecule has 0 spiro atoms. The van der Waals surface area contributed by atoms with Gasteiger partial charge in [-0.05, 0) is 45.0 Å². The lowest BCUT2D eigenvalue weighted by Crippen LogP contribution is -2.14. The van der Waals surface area contributed by atoms with Crippen LogP contribution in [0.1, 0.15) is 27.6 Å². The second-order valence-corrected chi connectivity index (χ2v) is 6.89. The van der Waals surface area contributed by atoms with E-state index in [9.17, 15) is 4.79 Å². The number of carbonyl (C=O) groups is 1. The molecule has 8 nitrogen and oxygen atoms in total. The van der Waals surface area contributed by atoms with Crippen LogP contribution < -0.4 is 5.32 Å². The number of nitrogens with zero attached hydrogens (tertiary/aromatic N) is 3. The number of hydrogen-bond donors (Lipinski definition) is 2. The quantitative estimate of drug-likeness (QED) is 0.470. The van der Waals surface area contributed by atoms with Gasteiger partial charge in [0.1, 0.15) is 11.5 Å². The van der Waals surface area contributed by atoms with Crippen molar-refractivity contribution in [1.82, 2.24) is 20.1 Å². The number of para-hydroxylation sites is 2. The van der Waals surface area contributed by atoms with Crippen molar-refractivity contribution in [3.8, 4) is 11.3 Å². The minimum atomic E-state index is -0.332. The maximum Gasteiger partial charge on any atom is 0.259 e. The summed E-state index contributed by atoms with van der Waals surface area (Å²) in [4.78, 5) is 25.2. The molecule has 0 aliphatic heterocycles. The molecule has 8 heteroatoms. The molecule has 0 atom stereocenters. The van der Waals surface area contributed by atoms with E-state index < -0.39 is 0 Å². The smallest absolute Gasteiger partial charge is 0.259 e. The number of nitrogens with one attached hydrogen (secondary N) is 2. The van der Waals surface area contributed by atoms with Crippen LogP contribution in [0.4, 0.5) is 5.95 Å². The van der Waals surface area contributed by atoms with E-state index in [4.69, 9.17) is 8.94 Å². The van der Waals surface area contributed by atoms with Gasteiger partial charge in [-0.15, -0.1) is 0 Å². The number of hydrogen-bond acceptors (Lipinski definition) is 6. The highest BCUT2D eigenvalue weighted by Gasteiger charge is 2.21. The van der Waals surface area contributed by atoms with Crippen LogP contribution in [0.3, 0.4) is 0 Å². The minimum Gasteiger partial charge on any atom is -0.466 e. The molecule has 1 aromatic carbocycles. The topological polar surface area (TPSA) is 110 Å². The van der Waals surface area contributed by atoms with Crippen LogP contribution in [0.5, 0.6) is 0 Å². The standard InChI is InChI=1S/C21H17N5O3/c1-10-8-13(12(3)28-10)17-9-14(18-11(2)26-29-20(18)22-17)19(27)25-21-23-15-6-4-5-7-16(15)24-21/h4-9H,1-3H3,(H2,23,24,25,27). The summed E-state index contributed by atoms with van der Waals surface area (Å²) in [5.74, 6) is 1.52. The number of aryl methyl sites for hydroxylation is 3. The molecule has 5 rings (SSSR count). The van der Waals surface area contributed by atoms with E-state index in [1.807, 2.05) is 44.2 Å². The number of fused-ring (bicyclic) bond motifs is 2. The average Bonchev–Trinajstić information content (AvgIpc) is 3.37. The summed E-state index contributed by atoms with van der Waals surface area (Å²) >= 11 is 0. The predicted octanol–water partition coefficient (Wildman–Crippen LogP) is 4.54. The normalized spacial score (nSPS) is 11.4. The summed E-state index contributed by atoms with van der Waals surface area (Å²) in [6.45, 7) is 5.50. The predicted molar refractivity (Wildman–Crippen MR) is 108 cm³/mol. The molecule has 0 unspecified atom stereocenters. The first kappa shape index (κ1) is 17.2. The highest BCUT2D eigenvalue weighted by Crippen LogP contribution is 2.30. The van der Waals surface area contributed by atoms with Crippen molar-refractivity contribution in [2.75, 3.05) is 5.32 Å². The van der Waals surface area contributed by atoms with Crippen LogP contribution in [0.25, 0.3) is 33.4 Å². The van der Waals surface area contributed by atoms with E-state index in [2.05, 4.69) is 25.4 Å². The summed E-state index contributed by atoms with van der Waals surface area (Å²) in [7, 11) is 0. The zero-order valence-corrected chi connectivity index (χ0v) is 16.0. The van der Waals surface area contributed by atoms with Crippen molar-refractivity contribution in [3.63, 3.8) is 0 Å². The maximum atomic E-state index is 13.1. The van der Waals surface area contributed by atoms with Gasteiger partial charge in [0.15, 0.2) is 0 Å². The number of imidazole rings is 1. The van der Waals surface area contributed by atoms with E-state index in [1.165, 1.54) is 0 Å². The summed E-state index contributed by atoms with van der Waals surface area (Å²) in [5.41, 5.74) is 4.29. The largest absolute Gasteiger partial charge is 0.466 e. The molecular weight excluding hydrogens is 370 g/mol. The lowest BCUT2D eigenvalue weighted by atomic mass is 10.1. The molecule has 144 valence electrons. The van der Waals surface area contributed by atoms with Crippen LogP contribution >= 0.6 is 0 Å². The third kappa shape index (κ3) is 2.85. The number of aromatic amines is 1. The lowest BCUT2D eigenvalue weighted by molar-refractivity contribution is 0.102. The van der Waals surface area contributed by atoms with Gasteiger partial charge in [-0.2, -0.15) is 0 Å². The average molecular weight is 387 g/mol. The summed E-state index contributed by atoms with van der Waals surface area (Å²) in [6.07, 6.45) is 0. The first-order valence-corrected chi connectivity index (χ1v) is 9.10. The monoisotopic (exact) mass is 387 g/mol. The van der Waals surface area contributed by atoms with Crippen molar-refractivity contribution < 1.29 is 13.7 Å². The van der Waals surface area contributed by atoms with Crippen LogP contribution in [0.2, 0.25) is 0 Å². The summed E-state index contributed by atoms with van der Waals surface area (Å²) in [5, 5.41) is 7.38. The van der Waals surface area contributed by atoms with Crippen molar-refractivity contribution >= 4 is 34.0 Å². The molecule has 0 fully saturated rings. The number of H-pyrrole nitrogens is 1. The van der Waals surface area contributed by atoms with Gasteiger partial charge in [-0.3, -0.25) is 10.1 Å². The molecular formula is C21H17N5O3. The van der Waals surface area contributed by atoms with Gasteiger partial charge in [0.05, 0.1) is 33.4 Å². The van der Waals surface area contributed by atoms with Crippen molar-refractivity contribution in [2.45, 2.75) is 20.8 Å². The Hall–Kier alpha value is -3.94. The molecule has 0 radical (unpaired) electrons. The van der Waals surface area contributed by atoms with Gasteiger partial charge >= 0.3 is 0 Å². The van der Waals surface area contributed by atoms with Crippen LogP contribution in [-0.2, 0) is 0 Å². The maximum absolute atomic E-state index is 13.1. The van der Waals surface area contributed by atoms with Gasteiger partial charge < -0.3 is 13.9 Å². The third-order valence-corrected chi connectivity index (χ3v) is 4.80. The highest BCUT2D eigenvalue weighted by atomic mass is 16.5.